The number of ether oxygens (including phenoxy) is 4. The predicted molar refractivity (Wildman–Crippen MR) is 189 cm³/mol. The fourth-order valence-corrected chi connectivity index (χ4v) is 8.65. The molecule has 0 amide bonds. The van der Waals surface area contributed by atoms with Crippen LogP contribution in [0.4, 0.5) is 8.78 Å². The molecule has 13 heteroatoms. The number of carbonyl (C=O) groups excluding carboxylic acids is 2. The van der Waals surface area contributed by atoms with Crippen LogP contribution in [0.5, 0.6) is 5.75 Å². The van der Waals surface area contributed by atoms with Gasteiger partial charge in [0.25, 0.3) is 0 Å². The Morgan fingerprint density at radius 1 is 0.960 bits per heavy atom. The van der Waals surface area contributed by atoms with Crippen LogP contribution in [0.25, 0.3) is 25.1 Å². The Kier molecular flexibility index (Phi) is 12.8. The number of hydrogen-bond acceptors (Lipinski definition) is 9. The van der Waals surface area contributed by atoms with Crippen molar-refractivity contribution in [2.45, 2.75) is 70.7 Å². The maximum absolute atomic E-state index is 12.3. The van der Waals surface area contributed by atoms with E-state index in [1.165, 1.54) is 32.0 Å². The van der Waals surface area contributed by atoms with Gasteiger partial charge in [-0.25, -0.2) is 18.0 Å². The molecule has 0 radical (unpaired) electrons. The third-order valence-electron chi connectivity index (χ3n) is 8.44. The Bertz CT molecular complexity index is 1890. The van der Waals surface area contributed by atoms with E-state index in [2.05, 4.69) is 92.8 Å². The number of carbonyl (C=O) groups is 2. The van der Waals surface area contributed by atoms with Crippen LogP contribution in [0.15, 0.2) is 72.8 Å². The molecule has 5 rings (SSSR count). The van der Waals surface area contributed by atoms with Gasteiger partial charge in [-0.1, -0.05) is 37.8 Å². The van der Waals surface area contributed by atoms with Gasteiger partial charge in [0, 0.05) is 38.9 Å². The standard InChI is InChI=1S/C31H35O4S.C6H8F2O5S/c1-4-31(15-9-10-16-31)35-29(32)21-33-17-18-34-30-22(2)19-24(20-23(30)3)36-27-13-7-5-11-25(27)26-12-6-8-14-28(26)36;1-4(2)5(9)13-3-6(7,8)14(10,11)12/h5-8,11-14,19-20H,4,9-10,15-18,21H2,1-3H3;1,3H2,2H3,(H,10,11,12)/q+1;/p-1. The average molecular weight is 733 g/mol. The fourth-order valence-electron chi connectivity index (χ4n) is 5.88. The summed E-state index contributed by atoms with van der Waals surface area (Å²) in [7, 11) is -5.94. The lowest BCUT2D eigenvalue weighted by Crippen LogP contribution is -2.34. The molecule has 4 aromatic rings. The van der Waals surface area contributed by atoms with E-state index in [4.69, 9.17) is 14.2 Å². The molecule has 9 nitrogen and oxygen atoms in total. The third-order valence-corrected chi connectivity index (χ3v) is 11.6. The lowest BCUT2D eigenvalue weighted by atomic mass is 9.99. The minimum absolute atomic E-state index is 0.0242. The smallest absolute Gasteiger partial charge is 0.367 e. The van der Waals surface area contributed by atoms with Gasteiger partial charge in [-0.2, -0.15) is 8.78 Å². The number of thiophene rings is 1. The normalized spacial score (nSPS) is 14.2. The Hall–Kier alpha value is -3.91. The van der Waals surface area contributed by atoms with E-state index >= 15 is 0 Å². The summed E-state index contributed by atoms with van der Waals surface area (Å²) in [4.78, 5) is 24.1. The number of fused-ring (bicyclic) bond motifs is 3. The predicted octanol–water partition coefficient (Wildman–Crippen LogP) is 8.25. The topological polar surface area (TPSA) is 128 Å². The van der Waals surface area contributed by atoms with Crippen LogP contribution in [0.2, 0.25) is 0 Å². The van der Waals surface area contributed by atoms with Gasteiger partial charge in [0.05, 0.1) is 6.61 Å². The van der Waals surface area contributed by atoms with Gasteiger partial charge < -0.3 is 23.5 Å². The molecule has 1 aliphatic rings. The SMILES string of the molecule is C=C(C)C(=O)OCC(F)(F)S(=O)(=O)[O-].CCC1(OC(=O)COCCOc2c(C)cc(-[s+]3c4ccccc4c4ccccc43)cc2C)CCCC1. The Labute approximate surface area is 293 Å². The van der Waals surface area contributed by atoms with Gasteiger partial charge in [-0.3, -0.25) is 0 Å². The molecular formula is C37H42F2O9S2. The average Bonchev–Trinajstić information content (AvgIpc) is 3.67. The van der Waals surface area contributed by atoms with Crippen molar-refractivity contribution in [2.24, 2.45) is 0 Å². The summed E-state index contributed by atoms with van der Waals surface area (Å²) >= 11 is 0. The van der Waals surface area contributed by atoms with Crippen LogP contribution in [0, 0.1) is 13.8 Å². The molecule has 1 aromatic heterocycles. The summed E-state index contributed by atoms with van der Waals surface area (Å²) in [6.07, 6.45) is 5.06. The van der Waals surface area contributed by atoms with E-state index in [0.29, 0.717) is 13.2 Å². The molecule has 1 aliphatic carbocycles. The lowest BCUT2D eigenvalue weighted by molar-refractivity contribution is -0.165. The van der Waals surface area contributed by atoms with E-state index in [1.807, 2.05) is 0 Å². The summed E-state index contributed by atoms with van der Waals surface area (Å²) in [6, 6.07) is 22.0. The lowest BCUT2D eigenvalue weighted by Gasteiger charge is -2.27. The van der Waals surface area contributed by atoms with Crippen molar-refractivity contribution in [2.75, 3.05) is 26.4 Å². The molecule has 0 aliphatic heterocycles. The van der Waals surface area contributed by atoms with Crippen molar-refractivity contribution in [1.29, 1.82) is 0 Å². The fraction of sp³-hybridized carbons (Fsp3) is 0.405. The summed E-state index contributed by atoms with van der Waals surface area (Å²) in [5.74, 6) is -0.563. The molecular weight excluding hydrogens is 691 g/mol. The molecule has 3 aromatic carbocycles. The van der Waals surface area contributed by atoms with E-state index in [9.17, 15) is 31.3 Å². The van der Waals surface area contributed by atoms with Crippen LogP contribution < -0.4 is 4.74 Å². The minimum Gasteiger partial charge on any atom is -0.743 e. The molecule has 0 bridgehead atoms. The van der Waals surface area contributed by atoms with Gasteiger partial charge in [0.15, 0.2) is 31.0 Å². The second-order valence-electron chi connectivity index (χ2n) is 12.3. The molecule has 0 atom stereocenters. The second kappa shape index (κ2) is 16.4. The molecule has 0 saturated heterocycles. The minimum atomic E-state index is -5.81. The first kappa shape index (κ1) is 38.9. The number of benzene rings is 3. The van der Waals surface area contributed by atoms with Gasteiger partial charge in [0.2, 0.25) is 0 Å². The number of hydrogen-bond donors (Lipinski definition) is 0. The van der Waals surface area contributed by atoms with Crippen molar-refractivity contribution in [3.8, 4) is 10.6 Å². The van der Waals surface area contributed by atoms with Crippen LogP contribution in [0.1, 0.15) is 57.1 Å². The highest BCUT2D eigenvalue weighted by Gasteiger charge is 2.39. The van der Waals surface area contributed by atoms with Gasteiger partial charge in [-0.15, -0.1) is 0 Å². The third kappa shape index (κ3) is 9.25. The number of halogens is 2. The molecule has 0 unspecified atom stereocenters. The van der Waals surface area contributed by atoms with Crippen molar-refractivity contribution >= 4 is 52.7 Å². The van der Waals surface area contributed by atoms with Crippen LogP contribution in [-0.4, -0.2) is 62.2 Å². The highest BCUT2D eigenvalue weighted by atomic mass is 32.2. The zero-order chi connectivity index (χ0) is 36.7. The first-order valence-electron chi connectivity index (χ1n) is 16.2. The first-order valence-corrected chi connectivity index (χ1v) is 18.8. The van der Waals surface area contributed by atoms with E-state index in [-0.39, 0.29) is 34.2 Å². The highest BCUT2D eigenvalue weighted by Crippen LogP contribution is 2.49. The van der Waals surface area contributed by atoms with E-state index in [0.717, 1.165) is 49.0 Å². The Balaban J connectivity index is 0.000000341. The molecule has 50 heavy (non-hydrogen) atoms. The number of alkyl halides is 2. The molecule has 1 heterocycles. The van der Waals surface area contributed by atoms with Gasteiger partial charge in [0.1, 0.15) is 24.6 Å². The Morgan fingerprint density at radius 2 is 1.50 bits per heavy atom. The number of rotatable bonds is 13. The maximum Gasteiger partial charge on any atom is 0.367 e. The zero-order valence-corrected chi connectivity index (χ0v) is 30.2. The monoisotopic (exact) mass is 732 g/mol. The first-order chi connectivity index (χ1) is 23.6. The van der Waals surface area contributed by atoms with Gasteiger partial charge >= 0.3 is 17.2 Å². The van der Waals surface area contributed by atoms with Gasteiger partial charge in [-0.05, 0) is 88.3 Å². The summed E-state index contributed by atoms with van der Waals surface area (Å²) in [6.45, 7) is 9.47. The molecule has 0 spiro atoms. The molecule has 270 valence electrons. The van der Waals surface area contributed by atoms with Crippen molar-refractivity contribution in [3.63, 3.8) is 0 Å². The maximum atomic E-state index is 12.3. The number of aryl methyl sites for hydroxylation is 2. The van der Waals surface area contributed by atoms with Crippen molar-refractivity contribution in [3.05, 3.63) is 83.9 Å². The molecule has 0 N–H and O–H groups in total. The van der Waals surface area contributed by atoms with E-state index < -0.39 is 27.9 Å². The van der Waals surface area contributed by atoms with Crippen molar-refractivity contribution in [1.82, 2.24) is 0 Å². The summed E-state index contributed by atoms with van der Waals surface area (Å²) < 4.78 is 78.5. The van der Waals surface area contributed by atoms with Crippen LogP contribution >= 0.6 is 10.5 Å². The van der Waals surface area contributed by atoms with Crippen molar-refractivity contribution < 1.29 is 50.3 Å². The number of esters is 2. The summed E-state index contributed by atoms with van der Waals surface area (Å²) in [5, 5.41) is -1.95. The second-order valence-corrected chi connectivity index (χ2v) is 15.7. The Morgan fingerprint density at radius 3 is 2.00 bits per heavy atom. The largest absolute Gasteiger partial charge is 0.743 e. The summed E-state index contributed by atoms with van der Waals surface area (Å²) in [5.41, 5.74) is 1.78. The molecule has 1 fully saturated rings. The molecule has 1 saturated carbocycles. The van der Waals surface area contributed by atoms with Crippen LogP contribution in [-0.2, 0) is 33.9 Å². The zero-order valence-electron chi connectivity index (χ0n) is 28.6. The van der Waals surface area contributed by atoms with E-state index in [1.54, 1.807) is 0 Å². The highest BCUT2D eigenvalue weighted by molar-refractivity contribution is 7.86. The van der Waals surface area contributed by atoms with Crippen LogP contribution in [0.3, 0.4) is 0 Å². The quantitative estimate of drug-likeness (QED) is 0.0439.